The Morgan fingerprint density at radius 2 is 2.35 bits per heavy atom. The highest BCUT2D eigenvalue weighted by Gasteiger charge is 2.14. The van der Waals surface area contributed by atoms with Crippen LogP contribution in [0.3, 0.4) is 0 Å². The van der Waals surface area contributed by atoms with Crippen LogP contribution in [0.4, 0.5) is 0 Å². The van der Waals surface area contributed by atoms with Gasteiger partial charge in [-0.1, -0.05) is 6.92 Å². The van der Waals surface area contributed by atoms with Gasteiger partial charge in [0.2, 0.25) is 0 Å². The van der Waals surface area contributed by atoms with E-state index in [0.717, 1.165) is 18.7 Å². The van der Waals surface area contributed by atoms with Gasteiger partial charge in [-0.15, -0.1) is 0 Å². The summed E-state index contributed by atoms with van der Waals surface area (Å²) in [5.74, 6) is 0. The molecule has 1 unspecified atom stereocenters. The number of rotatable bonds is 5. The van der Waals surface area contributed by atoms with Crippen molar-refractivity contribution in [2.75, 3.05) is 6.54 Å². The SMILES string of the molecule is CCNC(Cc1cc(C)nn1C)c1ccsc1. The van der Waals surface area contributed by atoms with E-state index in [0.29, 0.717) is 6.04 Å². The summed E-state index contributed by atoms with van der Waals surface area (Å²) in [7, 11) is 2.01. The van der Waals surface area contributed by atoms with Gasteiger partial charge in [-0.25, -0.2) is 0 Å². The first kappa shape index (κ1) is 12.3. The van der Waals surface area contributed by atoms with E-state index < -0.39 is 0 Å². The lowest BCUT2D eigenvalue weighted by molar-refractivity contribution is 0.530. The summed E-state index contributed by atoms with van der Waals surface area (Å²) < 4.78 is 1.98. The largest absolute Gasteiger partial charge is 0.310 e. The van der Waals surface area contributed by atoms with Crippen molar-refractivity contribution in [3.05, 3.63) is 39.8 Å². The summed E-state index contributed by atoms with van der Waals surface area (Å²) in [5.41, 5.74) is 3.73. The van der Waals surface area contributed by atoms with E-state index in [9.17, 15) is 0 Å². The molecule has 0 amide bonds. The molecule has 0 spiro atoms. The van der Waals surface area contributed by atoms with Gasteiger partial charge in [0.1, 0.15) is 0 Å². The highest BCUT2D eigenvalue weighted by atomic mass is 32.1. The van der Waals surface area contributed by atoms with Crippen LogP contribution in [0.5, 0.6) is 0 Å². The Hall–Kier alpha value is -1.13. The Kier molecular flexibility index (Phi) is 3.97. The molecule has 0 aromatic carbocycles. The topological polar surface area (TPSA) is 29.9 Å². The van der Waals surface area contributed by atoms with E-state index in [-0.39, 0.29) is 0 Å². The van der Waals surface area contributed by atoms with Crippen LogP contribution in [0.2, 0.25) is 0 Å². The van der Waals surface area contributed by atoms with Crippen molar-refractivity contribution < 1.29 is 0 Å². The zero-order valence-corrected chi connectivity index (χ0v) is 11.4. The maximum Gasteiger partial charge on any atom is 0.0596 e. The minimum Gasteiger partial charge on any atom is -0.310 e. The van der Waals surface area contributed by atoms with Crippen LogP contribution in [-0.4, -0.2) is 16.3 Å². The second kappa shape index (κ2) is 5.47. The Balaban J connectivity index is 2.15. The molecular formula is C13H19N3S. The number of aromatic nitrogens is 2. The molecule has 17 heavy (non-hydrogen) atoms. The number of hydrogen-bond donors (Lipinski definition) is 1. The average Bonchev–Trinajstić information content (AvgIpc) is 2.88. The van der Waals surface area contributed by atoms with Gasteiger partial charge in [0.15, 0.2) is 0 Å². The third kappa shape index (κ3) is 2.96. The van der Waals surface area contributed by atoms with Crippen molar-refractivity contribution in [2.45, 2.75) is 26.3 Å². The second-order valence-corrected chi connectivity index (χ2v) is 5.05. The monoisotopic (exact) mass is 249 g/mol. The van der Waals surface area contributed by atoms with Gasteiger partial charge in [0.05, 0.1) is 5.69 Å². The molecule has 0 radical (unpaired) electrons. The first-order valence-electron chi connectivity index (χ1n) is 5.95. The maximum absolute atomic E-state index is 4.40. The minimum absolute atomic E-state index is 0.390. The smallest absolute Gasteiger partial charge is 0.0596 e. The Morgan fingerprint density at radius 3 is 2.88 bits per heavy atom. The molecule has 0 aliphatic carbocycles. The Morgan fingerprint density at radius 1 is 1.53 bits per heavy atom. The molecule has 0 fully saturated rings. The lowest BCUT2D eigenvalue weighted by Gasteiger charge is -2.16. The van der Waals surface area contributed by atoms with E-state index in [4.69, 9.17) is 0 Å². The van der Waals surface area contributed by atoms with Gasteiger partial charge in [-0.05, 0) is 41.9 Å². The zero-order chi connectivity index (χ0) is 12.3. The van der Waals surface area contributed by atoms with E-state index >= 15 is 0 Å². The molecule has 1 atom stereocenters. The van der Waals surface area contributed by atoms with Gasteiger partial charge >= 0.3 is 0 Å². The molecule has 1 N–H and O–H groups in total. The number of aryl methyl sites for hydroxylation is 2. The molecule has 3 nitrogen and oxygen atoms in total. The Bertz CT molecular complexity index is 459. The average molecular weight is 249 g/mol. The van der Waals surface area contributed by atoms with Crippen molar-refractivity contribution >= 4 is 11.3 Å². The van der Waals surface area contributed by atoms with Crippen LogP contribution < -0.4 is 5.32 Å². The fraction of sp³-hybridized carbons (Fsp3) is 0.462. The summed E-state index contributed by atoms with van der Waals surface area (Å²) in [6.45, 7) is 5.17. The molecular weight excluding hydrogens is 230 g/mol. The fourth-order valence-corrected chi connectivity index (χ4v) is 2.81. The second-order valence-electron chi connectivity index (χ2n) is 4.27. The van der Waals surface area contributed by atoms with Crippen LogP contribution in [0.15, 0.2) is 22.9 Å². The van der Waals surface area contributed by atoms with Crippen LogP contribution >= 0.6 is 11.3 Å². The molecule has 2 rings (SSSR count). The molecule has 2 heterocycles. The van der Waals surface area contributed by atoms with Crippen molar-refractivity contribution in [2.24, 2.45) is 7.05 Å². The Labute approximate surface area is 106 Å². The number of nitrogens with zero attached hydrogens (tertiary/aromatic N) is 2. The lowest BCUT2D eigenvalue weighted by atomic mass is 10.1. The summed E-state index contributed by atoms with van der Waals surface area (Å²) in [5, 5.41) is 12.3. The minimum atomic E-state index is 0.390. The van der Waals surface area contributed by atoms with Crippen LogP contribution in [0.1, 0.15) is 29.9 Å². The molecule has 0 bridgehead atoms. The third-order valence-electron chi connectivity index (χ3n) is 2.91. The standard InChI is InChI=1S/C13H19N3S/c1-4-14-13(11-5-6-17-9-11)8-12-7-10(2)15-16(12)3/h5-7,9,13-14H,4,8H2,1-3H3. The van der Waals surface area contributed by atoms with Crippen molar-refractivity contribution in [3.8, 4) is 0 Å². The lowest BCUT2D eigenvalue weighted by Crippen LogP contribution is -2.23. The number of hydrogen-bond acceptors (Lipinski definition) is 3. The quantitative estimate of drug-likeness (QED) is 0.883. The van der Waals surface area contributed by atoms with Crippen LogP contribution in [-0.2, 0) is 13.5 Å². The normalized spacial score (nSPS) is 12.9. The molecule has 2 aromatic rings. The molecule has 2 aromatic heterocycles. The maximum atomic E-state index is 4.40. The van der Waals surface area contributed by atoms with Crippen LogP contribution in [0, 0.1) is 6.92 Å². The highest BCUT2D eigenvalue weighted by Crippen LogP contribution is 2.21. The van der Waals surface area contributed by atoms with E-state index in [1.807, 2.05) is 18.7 Å². The van der Waals surface area contributed by atoms with Gasteiger partial charge in [-0.2, -0.15) is 16.4 Å². The van der Waals surface area contributed by atoms with Crippen molar-refractivity contribution in [1.29, 1.82) is 0 Å². The fourth-order valence-electron chi connectivity index (χ4n) is 2.09. The molecule has 0 saturated heterocycles. The van der Waals surface area contributed by atoms with Crippen molar-refractivity contribution in [1.82, 2.24) is 15.1 Å². The molecule has 4 heteroatoms. The number of nitrogens with one attached hydrogen (secondary N) is 1. The zero-order valence-electron chi connectivity index (χ0n) is 10.6. The molecule has 0 aliphatic rings. The number of thiophene rings is 1. The predicted octanol–water partition coefficient (Wildman–Crippen LogP) is 2.68. The summed E-state index contributed by atoms with van der Waals surface area (Å²) in [6, 6.07) is 4.75. The predicted molar refractivity (Wildman–Crippen MR) is 72.4 cm³/mol. The highest BCUT2D eigenvalue weighted by molar-refractivity contribution is 7.07. The van der Waals surface area contributed by atoms with E-state index in [1.54, 1.807) is 11.3 Å². The van der Waals surface area contributed by atoms with Gasteiger partial charge in [0.25, 0.3) is 0 Å². The van der Waals surface area contributed by atoms with Crippen LogP contribution in [0.25, 0.3) is 0 Å². The summed E-state index contributed by atoms with van der Waals surface area (Å²) in [6.07, 6.45) is 0.988. The van der Waals surface area contributed by atoms with Gasteiger partial charge < -0.3 is 5.32 Å². The van der Waals surface area contributed by atoms with E-state index in [2.05, 4.69) is 40.2 Å². The van der Waals surface area contributed by atoms with Gasteiger partial charge in [-0.3, -0.25) is 4.68 Å². The third-order valence-corrected chi connectivity index (χ3v) is 3.61. The number of likely N-dealkylation sites (N-methyl/N-ethyl adjacent to an activating group) is 1. The first-order chi connectivity index (χ1) is 8.20. The van der Waals surface area contributed by atoms with Gasteiger partial charge in [0, 0.05) is 25.2 Å². The summed E-state index contributed by atoms with van der Waals surface area (Å²) in [4.78, 5) is 0. The molecule has 92 valence electrons. The molecule has 0 saturated carbocycles. The first-order valence-corrected chi connectivity index (χ1v) is 6.90. The van der Waals surface area contributed by atoms with Crippen molar-refractivity contribution in [3.63, 3.8) is 0 Å². The molecule has 0 aliphatic heterocycles. The van der Waals surface area contributed by atoms with E-state index in [1.165, 1.54) is 11.3 Å². The summed E-state index contributed by atoms with van der Waals surface area (Å²) >= 11 is 1.75.